The van der Waals surface area contributed by atoms with E-state index in [-0.39, 0.29) is 0 Å². The van der Waals surface area contributed by atoms with Crippen LogP contribution < -0.4 is 0 Å². The Balaban J connectivity index is 2.25. The second-order valence-electron chi connectivity index (χ2n) is 4.92. The molecule has 3 nitrogen and oxygen atoms in total. The lowest BCUT2D eigenvalue weighted by atomic mass is 10.1. The van der Waals surface area contributed by atoms with Crippen molar-refractivity contribution >= 4 is 5.97 Å². The first-order chi connectivity index (χ1) is 8.59. The molecule has 1 aromatic carbocycles. The molecule has 0 heterocycles. The summed E-state index contributed by atoms with van der Waals surface area (Å²) in [4.78, 5) is 11.0. The molecule has 3 heteroatoms. The Hall–Kier alpha value is -1.35. The van der Waals surface area contributed by atoms with Gasteiger partial charge < -0.3 is 9.84 Å². The van der Waals surface area contributed by atoms with Crippen LogP contribution in [0.25, 0.3) is 0 Å². The molecule has 1 N–H and O–H groups in total. The maximum Gasteiger partial charge on any atom is 0.332 e. The molecule has 18 heavy (non-hydrogen) atoms. The van der Waals surface area contributed by atoms with E-state index in [4.69, 9.17) is 9.84 Å². The van der Waals surface area contributed by atoms with Gasteiger partial charge in [0, 0.05) is 6.61 Å². The van der Waals surface area contributed by atoms with Gasteiger partial charge in [0.1, 0.15) is 0 Å². The van der Waals surface area contributed by atoms with Crippen LogP contribution in [0, 0.1) is 5.92 Å². The SMILES string of the molecule is CC(C)C[C@@H](OCCCc1ccccc1)C(=O)O. The Bertz CT molecular complexity index is 346. The van der Waals surface area contributed by atoms with E-state index in [9.17, 15) is 4.79 Å². The maximum atomic E-state index is 11.0. The second-order valence-corrected chi connectivity index (χ2v) is 4.92. The highest BCUT2D eigenvalue weighted by molar-refractivity contribution is 5.72. The summed E-state index contributed by atoms with van der Waals surface area (Å²) in [6.45, 7) is 4.51. The molecule has 0 spiro atoms. The van der Waals surface area contributed by atoms with Gasteiger partial charge in [0.15, 0.2) is 6.10 Å². The van der Waals surface area contributed by atoms with E-state index in [1.54, 1.807) is 0 Å². The van der Waals surface area contributed by atoms with E-state index >= 15 is 0 Å². The topological polar surface area (TPSA) is 46.5 Å². The third-order valence-corrected chi connectivity index (χ3v) is 2.73. The number of aliphatic carboxylic acids is 1. The first kappa shape index (κ1) is 14.7. The molecule has 0 aliphatic rings. The minimum Gasteiger partial charge on any atom is -0.479 e. The van der Waals surface area contributed by atoms with E-state index < -0.39 is 12.1 Å². The van der Waals surface area contributed by atoms with Gasteiger partial charge in [-0.1, -0.05) is 44.2 Å². The number of carboxylic acids is 1. The fourth-order valence-corrected chi connectivity index (χ4v) is 1.81. The summed E-state index contributed by atoms with van der Waals surface area (Å²) < 4.78 is 5.44. The number of ether oxygens (including phenoxy) is 1. The average Bonchev–Trinajstić information content (AvgIpc) is 2.33. The summed E-state index contributed by atoms with van der Waals surface area (Å²) in [5.41, 5.74) is 1.26. The minimum absolute atomic E-state index is 0.334. The van der Waals surface area contributed by atoms with E-state index in [1.807, 2.05) is 32.0 Å². The summed E-state index contributed by atoms with van der Waals surface area (Å²) in [5.74, 6) is -0.524. The zero-order valence-corrected chi connectivity index (χ0v) is 11.1. The van der Waals surface area contributed by atoms with Crippen molar-refractivity contribution in [2.75, 3.05) is 6.61 Å². The standard InChI is InChI=1S/C15H22O3/c1-12(2)11-14(15(16)17)18-10-6-9-13-7-4-3-5-8-13/h3-5,7-8,12,14H,6,9-11H2,1-2H3,(H,16,17)/t14-/m1/s1. The van der Waals surface area contributed by atoms with Crippen LogP contribution in [0.2, 0.25) is 0 Å². The van der Waals surface area contributed by atoms with E-state index in [0.29, 0.717) is 18.9 Å². The minimum atomic E-state index is -0.858. The van der Waals surface area contributed by atoms with Crippen molar-refractivity contribution in [2.45, 2.75) is 39.2 Å². The van der Waals surface area contributed by atoms with Gasteiger partial charge in [-0.25, -0.2) is 4.79 Å². The van der Waals surface area contributed by atoms with E-state index in [0.717, 1.165) is 12.8 Å². The Morgan fingerprint density at radius 2 is 1.94 bits per heavy atom. The fraction of sp³-hybridized carbons (Fsp3) is 0.533. The molecule has 0 fully saturated rings. The molecule has 0 aromatic heterocycles. The lowest BCUT2D eigenvalue weighted by Crippen LogP contribution is -2.26. The van der Waals surface area contributed by atoms with Crippen LogP contribution in [0.4, 0.5) is 0 Å². The highest BCUT2D eigenvalue weighted by Gasteiger charge is 2.18. The van der Waals surface area contributed by atoms with Gasteiger partial charge in [-0.05, 0) is 30.7 Å². The van der Waals surface area contributed by atoms with Crippen LogP contribution in [0.3, 0.4) is 0 Å². The first-order valence-corrected chi connectivity index (χ1v) is 6.48. The summed E-state index contributed by atoms with van der Waals surface area (Å²) in [5, 5.41) is 9.01. The lowest BCUT2D eigenvalue weighted by Gasteiger charge is -2.15. The van der Waals surface area contributed by atoms with Crippen LogP contribution in [0.15, 0.2) is 30.3 Å². The quantitative estimate of drug-likeness (QED) is 0.721. The Morgan fingerprint density at radius 3 is 2.50 bits per heavy atom. The van der Waals surface area contributed by atoms with Gasteiger partial charge in [0.25, 0.3) is 0 Å². The predicted octanol–water partition coefficient (Wildman–Crippen LogP) is 3.14. The number of carbonyl (C=O) groups is 1. The average molecular weight is 250 g/mol. The molecule has 100 valence electrons. The van der Waals surface area contributed by atoms with Gasteiger partial charge in [-0.3, -0.25) is 0 Å². The van der Waals surface area contributed by atoms with Crippen molar-refractivity contribution in [1.82, 2.24) is 0 Å². The van der Waals surface area contributed by atoms with Crippen LogP contribution in [-0.2, 0) is 16.0 Å². The molecule has 0 saturated carbocycles. The molecule has 0 aliphatic heterocycles. The summed E-state index contributed by atoms with van der Waals surface area (Å²) in [6.07, 6.45) is 1.68. The van der Waals surface area contributed by atoms with Gasteiger partial charge in [-0.15, -0.1) is 0 Å². The first-order valence-electron chi connectivity index (χ1n) is 6.48. The smallest absolute Gasteiger partial charge is 0.332 e. The number of rotatable bonds is 8. The normalized spacial score (nSPS) is 12.6. The van der Waals surface area contributed by atoms with Crippen molar-refractivity contribution in [3.8, 4) is 0 Å². The van der Waals surface area contributed by atoms with Crippen LogP contribution in [0.5, 0.6) is 0 Å². The molecule has 0 bridgehead atoms. The molecule has 0 radical (unpaired) electrons. The molecule has 1 rings (SSSR count). The maximum absolute atomic E-state index is 11.0. The van der Waals surface area contributed by atoms with Crippen molar-refractivity contribution in [3.63, 3.8) is 0 Å². The summed E-state index contributed by atoms with van der Waals surface area (Å²) >= 11 is 0. The van der Waals surface area contributed by atoms with Crippen molar-refractivity contribution in [3.05, 3.63) is 35.9 Å². The van der Waals surface area contributed by atoms with Gasteiger partial charge >= 0.3 is 5.97 Å². The Labute approximate surface area is 109 Å². The zero-order valence-electron chi connectivity index (χ0n) is 11.1. The highest BCUT2D eigenvalue weighted by atomic mass is 16.5. The Kier molecular flexibility index (Phi) is 6.44. The summed E-state index contributed by atoms with van der Waals surface area (Å²) in [7, 11) is 0. The second kappa shape index (κ2) is 7.88. The van der Waals surface area contributed by atoms with Crippen molar-refractivity contribution in [1.29, 1.82) is 0 Å². The number of carboxylic acid groups (broad SMARTS) is 1. The lowest BCUT2D eigenvalue weighted by molar-refractivity contribution is -0.151. The van der Waals surface area contributed by atoms with E-state index in [2.05, 4.69) is 12.1 Å². The largest absolute Gasteiger partial charge is 0.479 e. The van der Waals surface area contributed by atoms with Crippen molar-refractivity contribution < 1.29 is 14.6 Å². The van der Waals surface area contributed by atoms with Crippen LogP contribution in [0.1, 0.15) is 32.3 Å². The third-order valence-electron chi connectivity index (χ3n) is 2.73. The van der Waals surface area contributed by atoms with Crippen LogP contribution >= 0.6 is 0 Å². The van der Waals surface area contributed by atoms with Crippen LogP contribution in [-0.4, -0.2) is 23.8 Å². The molecule has 0 saturated heterocycles. The molecule has 1 atom stereocenters. The van der Waals surface area contributed by atoms with E-state index in [1.165, 1.54) is 5.56 Å². The highest BCUT2D eigenvalue weighted by Crippen LogP contribution is 2.10. The Morgan fingerprint density at radius 1 is 1.28 bits per heavy atom. The molecule has 0 amide bonds. The monoisotopic (exact) mass is 250 g/mol. The molecule has 1 aromatic rings. The summed E-state index contributed by atoms with van der Waals surface area (Å²) in [6, 6.07) is 10.2. The zero-order chi connectivity index (χ0) is 13.4. The fourth-order valence-electron chi connectivity index (χ4n) is 1.81. The van der Waals surface area contributed by atoms with Gasteiger partial charge in [0.2, 0.25) is 0 Å². The third kappa shape index (κ3) is 5.82. The molecule has 0 unspecified atom stereocenters. The number of aryl methyl sites for hydroxylation is 1. The molecular weight excluding hydrogens is 228 g/mol. The van der Waals surface area contributed by atoms with Gasteiger partial charge in [-0.2, -0.15) is 0 Å². The number of hydrogen-bond donors (Lipinski definition) is 1. The number of hydrogen-bond acceptors (Lipinski definition) is 2. The predicted molar refractivity (Wildman–Crippen MR) is 71.6 cm³/mol. The van der Waals surface area contributed by atoms with Crippen molar-refractivity contribution in [2.24, 2.45) is 5.92 Å². The molecular formula is C15H22O3. The van der Waals surface area contributed by atoms with Gasteiger partial charge in [0.05, 0.1) is 0 Å². The molecule has 0 aliphatic carbocycles. The number of benzene rings is 1.